The summed E-state index contributed by atoms with van der Waals surface area (Å²) in [5, 5.41) is 7.11. The number of benzene rings is 1. The van der Waals surface area contributed by atoms with Gasteiger partial charge in [0.25, 0.3) is 0 Å². The Balaban J connectivity index is 1.64. The zero-order valence-corrected chi connectivity index (χ0v) is 13.7. The van der Waals surface area contributed by atoms with Crippen molar-refractivity contribution in [2.24, 2.45) is 0 Å². The number of rotatable bonds is 4. The minimum atomic E-state index is -3.04. The molecule has 1 unspecified atom stereocenters. The number of carbonyl (C=O) groups excluding carboxylic acids is 1. The van der Waals surface area contributed by atoms with Gasteiger partial charge in [0.1, 0.15) is 0 Å². The van der Waals surface area contributed by atoms with Gasteiger partial charge >= 0.3 is 0 Å². The Morgan fingerprint density at radius 2 is 2.09 bits per heavy atom. The van der Waals surface area contributed by atoms with E-state index in [1.54, 1.807) is 17.8 Å². The number of carbonyl (C=O) groups is 1. The van der Waals surface area contributed by atoms with Gasteiger partial charge in [-0.25, -0.2) is 13.1 Å². The molecule has 1 atom stereocenters. The molecule has 0 aliphatic carbocycles. The minimum Gasteiger partial charge on any atom is -0.350 e. The third-order valence-electron chi connectivity index (χ3n) is 3.97. The second-order valence-electron chi connectivity index (χ2n) is 6.26. The molecule has 1 aliphatic heterocycles. The Labute approximate surface area is 135 Å². The molecule has 0 spiro atoms. The summed E-state index contributed by atoms with van der Waals surface area (Å²) in [5.41, 5.74) is 1.05. The van der Waals surface area contributed by atoms with Crippen LogP contribution in [-0.4, -0.2) is 41.2 Å². The zero-order valence-electron chi connectivity index (χ0n) is 12.9. The highest BCUT2D eigenvalue weighted by Crippen LogP contribution is 2.22. The first-order valence-electron chi connectivity index (χ1n) is 7.46. The minimum absolute atomic E-state index is 0.00895. The van der Waals surface area contributed by atoms with E-state index in [0.717, 1.165) is 11.3 Å². The molecule has 1 aromatic carbocycles. The molecule has 6 nitrogen and oxygen atoms in total. The average Bonchev–Trinajstić information content (AvgIpc) is 3.04. The monoisotopic (exact) mass is 333 g/mol. The van der Waals surface area contributed by atoms with Crippen molar-refractivity contribution in [3.05, 3.63) is 48.3 Å². The predicted molar refractivity (Wildman–Crippen MR) is 87.1 cm³/mol. The highest BCUT2D eigenvalue weighted by atomic mass is 32.2. The lowest BCUT2D eigenvalue weighted by Gasteiger charge is -2.23. The van der Waals surface area contributed by atoms with Gasteiger partial charge in [-0.05, 0) is 31.0 Å². The van der Waals surface area contributed by atoms with Crippen molar-refractivity contribution >= 4 is 15.7 Å². The van der Waals surface area contributed by atoms with Crippen molar-refractivity contribution in [1.29, 1.82) is 0 Å². The summed E-state index contributed by atoms with van der Waals surface area (Å²) in [5.74, 6) is -0.0395. The third kappa shape index (κ3) is 3.79. The van der Waals surface area contributed by atoms with E-state index in [1.165, 1.54) is 0 Å². The molecule has 0 bridgehead atoms. The van der Waals surface area contributed by atoms with Gasteiger partial charge in [-0.3, -0.25) is 4.79 Å². The Hall–Kier alpha value is -2.15. The van der Waals surface area contributed by atoms with Crippen LogP contribution in [0.4, 0.5) is 0 Å². The van der Waals surface area contributed by atoms with Crippen LogP contribution in [0.5, 0.6) is 0 Å². The van der Waals surface area contributed by atoms with Crippen LogP contribution in [-0.2, 0) is 21.1 Å². The van der Waals surface area contributed by atoms with Crippen LogP contribution in [0.25, 0.3) is 5.69 Å². The van der Waals surface area contributed by atoms with E-state index in [-0.39, 0.29) is 23.8 Å². The van der Waals surface area contributed by atoms with Crippen molar-refractivity contribution in [3.63, 3.8) is 0 Å². The largest absolute Gasteiger partial charge is 0.350 e. The van der Waals surface area contributed by atoms with Crippen LogP contribution >= 0.6 is 0 Å². The SMILES string of the molecule is CC1(NC(=O)Cc2cnn(-c3ccccc3)c2)CCS(=O)(=O)C1. The summed E-state index contributed by atoms with van der Waals surface area (Å²) in [7, 11) is -3.04. The van der Waals surface area contributed by atoms with Gasteiger partial charge in [0.15, 0.2) is 9.84 Å². The fraction of sp³-hybridized carbons (Fsp3) is 0.375. The molecule has 2 heterocycles. The molecular weight excluding hydrogens is 314 g/mol. The van der Waals surface area contributed by atoms with Gasteiger partial charge in [0, 0.05) is 6.20 Å². The Kier molecular flexibility index (Phi) is 3.97. The van der Waals surface area contributed by atoms with Crippen LogP contribution in [0.1, 0.15) is 18.9 Å². The first-order chi connectivity index (χ1) is 10.9. The number of aromatic nitrogens is 2. The quantitative estimate of drug-likeness (QED) is 0.909. The van der Waals surface area contributed by atoms with Crippen LogP contribution in [0.15, 0.2) is 42.7 Å². The Morgan fingerprint density at radius 3 is 2.74 bits per heavy atom. The zero-order chi connectivity index (χ0) is 16.5. The molecule has 7 heteroatoms. The van der Waals surface area contributed by atoms with Gasteiger partial charge in [-0.15, -0.1) is 0 Å². The summed E-state index contributed by atoms with van der Waals surface area (Å²) in [4.78, 5) is 12.2. The summed E-state index contributed by atoms with van der Waals surface area (Å²) < 4.78 is 24.9. The molecule has 23 heavy (non-hydrogen) atoms. The highest BCUT2D eigenvalue weighted by Gasteiger charge is 2.39. The van der Waals surface area contributed by atoms with Crippen LogP contribution in [0, 0.1) is 0 Å². The first kappa shape index (κ1) is 15.7. The highest BCUT2D eigenvalue weighted by molar-refractivity contribution is 7.91. The molecule has 2 aromatic rings. The van der Waals surface area contributed by atoms with E-state index in [4.69, 9.17) is 0 Å². The smallest absolute Gasteiger partial charge is 0.224 e. The molecule has 3 rings (SSSR count). The number of para-hydroxylation sites is 1. The van der Waals surface area contributed by atoms with E-state index in [0.29, 0.717) is 6.42 Å². The van der Waals surface area contributed by atoms with Crippen molar-refractivity contribution < 1.29 is 13.2 Å². The number of sulfone groups is 1. The molecule has 1 saturated heterocycles. The predicted octanol–water partition coefficient (Wildman–Crippen LogP) is 1.11. The molecule has 1 aromatic heterocycles. The number of nitrogens with zero attached hydrogens (tertiary/aromatic N) is 2. The molecule has 0 radical (unpaired) electrons. The Morgan fingerprint density at radius 1 is 1.35 bits per heavy atom. The van der Waals surface area contributed by atoms with E-state index in [9.17, 15) is 13.2 Å². The van der Waals surface area contributed by atoms with E-state index in [1.807, 2.05) is 36.5 Å². The number of nitrogens with one attached hydrogen (secondary N) is 1. The molecule has 1 amide bonds. The Bertz CT molecular complexity index is 814. The third-order valence-corrected chi connectivity index (χ3v) is 5.87. The number of hydrogen-bond acceptors (Lipinski definition) is 4. The van der Waals surface area contributed by atoms with Gasteiger partial charge < -0.3 is 5.32 Å². The van der Waals surface area contributed by atoms with Gasteiger partial charge in [0.05, 0.1) is 35.3 Å². The van der Waals surface area contributed by atoms with Gasteiger partial charge in [-0.2, -0.15) is 5.10 Å². The first-order valence-corrected chi connectivity index (χ1v) is 9.28. The second-order valence-corrected chi connectivity index (χ2v) is 8.44. The molecule has 1 fully saturated rings. The van der Waals surface area contributed by atoms with Crippen molar-refractivity contribution in [2.75, 3.05) is 11.5 Å². The lowest BCUT2D eigenvalue weighted by atomic mass is 10.0. The van der Waals surface area contributed by atoms with Crippen LogP contribution in [0.3, 0.4) is 0 Å². The molecular formula is C16H19N3O3S. The molecule has 1 aliphatic rings. The number of hydrogen-bond donors (Lipinski definition) is 1. The van der Waals surface area contributed by atoms with E-state index >= 15 is 0 Å². The lowest BCUT2D eigenvalue weighted by molar-refractivity contribution is -0.121. The molecule has 122 valence electrons. The van der Waals surface area contributed by atoms with E-state index < -0.39 is 15.4 Å². The summed E-state index contributed by atoms with van der Waals surface area (Å²) in [6.45, 7) is 1.78. The van der Waals surface area contributed by atoms with Crippen molar-refractivity contribution in [1.82, 2.24) is 15.1 Å². The average molecular weight is 333 g/mol. The maximum atomic E-state index is 12.2. The molecule has 0 saturated carbocycles. The fourth-order valence-corrected chi connectivity index (χ4v) is 4.94. The second kappa shape index (κ2) is 5.81. The molecule has 1 N–H and O–H groups in total. The topological polar surface area (TPSA) is 81.1 Å². The maximum Gasteiger partial charge on any atom is 0.224 e. The van der Waals surface area contributed by atoms with Crippen LogP contribution in [0.2, 0.25) is 0 Å². The maximum absolute atomic E-state index is 12.2. The standard InChI is InChI=1S/C16H19N3O3S/c1-16(7-8-23(21,22)12-16)18-15(20)9-13-10-17-19(11-13)14-5-3-2-4-6-14/h2-6,10-11H,7-9,12H2,1H3,(H,18,20). The van der Waals surface area contributed by atoms with Gasteiger partial charge in [0.2, 0.25) is 5.91 Å². The van der Waals surface area contributed by atoms with Gasteiger partial charge in [-0.1, -0.05) is 18.2 Å². The number of amides is 1. The summed E-state index contributed by atoms with van der Waals surface area (Å²) in [6.07, 6.45) is 4.11. The van der Waals surface area contributed by atoms with Crippen LogP contribution < -0.4 is 5.32 Å². The normalized spacial score (nSPS) is 22.8. The summed E-state index contributed by atoms with van der Waals surface area (Å²) >= 11 is 0. The van der Waals surface area contributed by atoms with Crippen molar-refractivity contribution in [2.45, 2.75) is 25.3 Å². The lowest BCUT2D eigenvalue weighted by Crippen LogP contribution is -2.47. The summed E-state index contributed by atoms with van der Waals surface area (Å²) in [6, 6.07) is 9.63. The fourth-order valence-electron chi connectivity index (χ4n) is 2.85. The van der Waals surface area contributed by atoms with Crippen molar-refractivity contribution in [3.8, 4) is 5.69 Å². The van der Waals surface area contributed by atoms with E-state index in [2.05, 4.69) is 10.4 Å².